The van der Waals surface area contributed by atoms with Crippen molar-refractivity contribution in [3.05, 3.63) is 65.9 Å². The van der Waals surface area contributed by atoms with Gasteiger partial charge in [0.05, 0.1) is 16.5 Å². The first-order chi connectivity index (χ1) is 14.1. The zero-order valence-electron chi connectivity index (χ0n) is 16.3. The Labute approximate surface area is 172 Å². The van der Waals surface area contributed by atoms with E-state index in [9.17, 15) is 4.39 Å². The monoisotopic (exact) mass is 409 g/mol. The molecule has 3 heterocycles. The minimum absolute atomic E-state index is 0.0415. The van der Waals surface area contributed by atoms with Crippen LogP contribution in [0.25, 0.3) is 22.7 Å². The van der Waals surface area contributed by atoms with Crippen LogP contribution < -0.4 is 0 Å². The normalized spacial score (nSPS) is 12.3. The number of rotatable bonds is 6. The Morgan fingerprint density at radius 3 is 2.69 bits per heavy atom. The molecule has 0 saturated heterocycles. The predicted octanol–water partition coefficient (Wildman–Crippen LogP) is 5.32. The van der Waals surface area contributed by atoms with Crippen molar-refractivity contribution in [3.63, 3.8) is 0 Å². The minimum atomic E-state index is -0.327. The summed E-state index contributed by atoms with van der Waals surface area (Å²) in [6.07, 6.45) is 3.47. The van der Waals surface area contributed by atoms with Gasteiger partial charge in [0.25, 0.3) is 0 Å². The van der Waals surface area contributed by atoms with Gasteiger partial charge in [-0.3, -0.25) is 4.98 Å². The molecule has 0 amide bonds. The van der Waals surface area contributed by atoms with E-state index >= 15 is 0 Å². The highest BCUT2D eigenvalue weighted by Gasteiger charge is 2.20. The third-order valence-electron chi connectivity index (χ3n) is 4.59. The molecule has 0 fully saturated rings. The van der Waals surface area contributed by atoms with Gasteiger partial charge >= 0.3 is 0 Å². The van der Waals surface area contributed by atoms with E-state index in [1.807, 2.05) is 26.0 Å². The molecule has 0 bridgehead atoms. The maximum atomic E-state index is 14.2. The van der Waals surface area contributed by atoms with Crippen LogP contribution in [0.4, 0.5) is 4.39 Å². The van der Waals surface area contributed by atoms with Crippen LogP contribution >= 0.6 is 11.8 Å². The fourth-order valence-corrected chi connectivity index (χ4v) is 4.01. The van der Waals surface area contributed by atoms with Crippen LogP contribution in [0.15, 0.2) is 58.5 Å². The molecule has 1 aromatic carbocycles. The number of nitrogens with zero attached hydrogens (tertiary/aromatic N) is 5. The molecule has 0 spiro atoms. The molecule has 1 atom stereocenters. The van der Waals surface area contributed by atoms with Crippen molar-refractivity contribution in [1.29, 1.82) is 0 Å². The minimum Gasteiger partial charge on any atom is -0.356 e. The summed E-state index contributed by atoms with van der Waals surface area (Å²) in [5.41, 5.74) is 3.06. The number of pyridine rings is 1. The van der Waals surface area contributed by atoms with E-state index in [0.29, 0.717) is 11.3 Å². The van der Waals surface area contributed by atoms with Gasteiger partial charge in [0.1, 0.15) is 5.82 Å². The number of hydrogen-bond donors (Lipinski definition) is 0. The fraction of sp³-hybridized carbons (Fsp3) is 0.238. The zero-order valence-corrected chi connectivity index (χ0v) is 17.2. The van der Waals surface area contributed by atoms with E-state index in [2.05, 4.69) is 31.8 Å². The third-order valence-corrected chi connectivity index (χ3v) is 5.69. The summed E-state index contributed by atoms with van der Waals surface area (Å²) in [4.78, 5) is 4.05. The van der Waals surface area contributed by atoms with Gasteiger partial charge in [0, 0.05) is 30.6 Å². The van der Waals surface area contributed by atoms with Gasteiger partial charge in [-0.05, 0) is 45.0 Å². The number of halogens is 1. The van der Waals surface area contributed by atoms with Crippen molar-refractivity contribution in [3.8, 4) is 22.7 Å². The molecule has 6 nitrogen and oxygen atoms in total. The van der Waals surface area contributed by atoms with Gasteiger partial charge in [0.15, 0.2) is 16.7 Å². The first kappa shape index (κ1) is 19.3. The van der Waals surface area contributed by atoms with Crippen molar-refractivity contribution in [2.45, 2.75) is 37.7 Å². The Morgan fingerprint density at radius 2 is 1.93 bits per heavy atom. The van der Waals surface area contributed by atoms with Crippen molar-refractivity contribution in [1.82, 2.24) is 24.9 Å². The number of thioether (sulfide) groups is 1. The first-order valence-corrected chi connectivity index (χ1v) is 10.2. The molecule has 0 aliphatic carbocycles. The average molecular weight is 409 g/mol. The van der Waals surface area contributed by atoms with Crippen LogP contribution in [-0.2, 0) is 6.54 Å². The average Bonchev–Trinajstić information content (AvgIpc) is 3.37. The fourth-order valence-electron chi connectivity index (χ4n) is 3.03. The van der Waals surface area contributed by atoms with Crippen molar-refractivity contribution in [2.75, 3.05) is 0 Å². The lowest BCUT2D eigenvalue weighted by atomic mass is 10.1. The maximum Gasteiger partial charge on any atom is 0.192 e. The Hall–Kier alpha value is -3.00. The van der Waals surface area contributed by atoms with Crippen LogP contribution in [0.1, 0.15) is 30.4 Å². The predicted molar refractivity (Wildman–Crippen MR) is 110 cm³/mol. The number of aromatic nitrogens is 5. The van der Waals surface area contributed by atoms with Crippen LogP contribution in [0, 0.1) is 12.7 Å². The second-order valence-electron chi connectivity index (χ2n) is 6.65. The van der Waals surface area contributed by atoms with Gasteiger partial charge in [-0.2, -0.15) is 0 Å². The van der Waals surface area contributed by atoms with Gasteiger partial charge in [-0.25, -0.2) is 4.39 Å². The lowest BCUT2D eigenvalue weighted by Gasteiger charge is -2.10. The Bertz CT molecular complexity index is 1130. The third kappa shape index (κ3) is 3.93. The van der Waals surface area contributed by atoms with Crippen molar-refractivity contribution in [2.24, 2.45) is 0 Å². The van der Waals surface area contributed by atoms with E-state index < -0.39 is 0 Å². The molecule has 0 aliphatic rings. The Morgan fingerprint density at radius 1 is 1.14 bits per heavy atom. The van der Waals surface area contributed by atoms with Crippen LogP contribution in [0.5, 0.6) is 0 Å². The second-order valence-corrected chi connectivity index (χ2v) is 7.95. The SMILES string of the molecule is CCn1c(SC(C)c2cc(-c3cc(C)ccc3F)on2)nnc1-c1ccncc1. The van der Waals surface area contributed by atoms with Crippen LogP contribution in [0.3, 0.4) is 0 Å². The molecular formula is C21H20FN5OS. The topological polar surface area (TPSA) is 69.6 Å². The second kappa shape index (κ2) is 8.16. The highest BCUT2D eigenvalue weighted by molar-refractivity contribution is 7.99. The first-order valence-electron chi connectivity index (χ1n) is 9.30. The van der Waals surface area contributed by atoms with E-state index in [4.69, 9.17) is 4.52 Å². The lowest BCUT2D eigenvalue weighted by Crippen LogP contribution is -2.01. The molecule has 148 valence electrons. The van der Waals surface area contributed by atoms with Gasteiger partial charge in [0.2, 0.25) is 0 Å². The zero-order chi connectivity index (χ0) is 20.4. The van der Waals surface area contributed by atoms with Gasteiger partial charge < -0.3 is 9.09 Å². The summed E-state index contributed by atoms with van der Waals surface area (Å²) in [5, 5.41) is 13.6. The van der Waals surface area contributed by atoms with Gasteiger partial charge in [-0.1, -0.05) is 28.5 Å². The molecule has 1 unspecified atom stereocenters. The largest absolute Gasteiger partial charge is 0.356 e. The van der Waals surface area contributed by atoms with Crippen molar-refractivity contribution < 1.29 is 8.91 Å². The maximum absolute atomic E-state index is 14.2. The Balaban J connectivity index is 1.58. The number of benzene rings is 1. The van der Waals surface area contributed by atoms with Crippen LogP contribution in [-0.4, -0.2) is 24.9 Å². The van der Waals surface area contributed by atoms with Crippen LogP contribution in [0.2, 0.25) is 0 Å². The summed E-state index contributed by atoms with van der Waals surface area (Å²) >= 11 is 1.54. The number of hydrogen-bond acceptors (Lipinski definition) is 6. The van der Waals surface area contributed by atoms with E-state index in [-0.39, 0.29) is 11.1 Å². The quantitative estimate of drug-likeness (QED) is 0.402. The smallest absolute Gasteiger partial charge is 0.192 e. The highest BCUT2D eigenvalue weighted by atomic mass is 32.2. The molecule has 29 heavy (non-hydrogen) atoms. The molecule has 0 N–H and O–H groups in total. The highest BCUT2D eigenvalue weighted by Crippen LogP contribution is 2.36. The standard InChI is InChI=1S/C21H20FN5OS/c1-4-27-20(15-7-9-23-10-8-15)24-25-21(27)29-14(3)18-12-19(28-26-18)16-11-13(2)5-6-17(16)22/h5-12,14H,4H2,1-3H3. The van der Waals surface area contributed by atoms with Crippen molar-refractivity contribution >= 4 is 11.8 Å². The van der Waals surface area contributed by atoms with E-state index in [1.165, 1.54) is 17.8 Å². The van der Waals surface area contributed by atoms with Gasteiger partial charge in [-0.15, -0.1) is 10.2 Å². The molecule has 8 heteroatoms. The molecule has 3 aromatic heterocycles. The summed E-state index contributed by atoms with van der Waals surface area (Å²) in [7, 11) is 0. The lowest BCUT2D eigenvalue weighted by molar-refractivity contribution is 0.421. The summed E-state index contributed by atoms with van der Waals surface area (Å²) in [5.74, 6) is 0.890. The van der Waals surface area contributed by atoms with E-state index in [1.54, 1.807) is 30.6 Å². The summed E-state index contributed by atoms with van der Waals surface area (Å²) in [6, 6.07) is 10.5. The Kier molecular flexibility index (Phi) is 5.44. The molecule has 4 aromatic rings. The molecule has 4 rings (SSSR count). The summed E-state index contributed by atoms with van der Waals surface area (Å²) in [6.45, 7) is 6.71. The molecule has 0 aliphatic heterocycles. The molecule has 0 saturated carbocycles. The number of aryl methyl sites for hydroxylation is 1. The summed E-state index contributed by atoms with van der Waals surface area (Å²) < 4.78 is 21.6. The molecule has 0 radical (unpaired) electrons. The molecular weight excluding hydrogens is 389 g/mol. The van der Waals surface area contributed by atoms with E-state index in [0.717, 1.165) is 34.3 Å².